The SMILES string of the molecule is CCN1CCN(Cc2ccc3c(ccn3S(=O)(=O)c3cccc(C(F)(F)F)c3)c2)CC1.Cl.Cl. The summed E-state index contributed by atoms with van der Waals surface area (Å²) in [6.07, 6.45) is -3.22. The van der Waals surface area contributed by atoms with E-state index in [1.807, 2.05) is 12.1 Å². The zero-order valence-corrected chi connectivity index (χ0v) is 20.4. The number of hydrogen-bond acceptors (Lipinski definition) is 4. The lowest BCUT2D eigenvalue weighted by molar-refractivity contribution is -0.137. The molecular weight excluding hydrogens is 498 g/mol. The molecule has 0 atom stereocenters. The third-order valence-electron chi connectivity index (χ3n) is 5.76. The largest absolute Gasteiger partial charge is 0.416 e. The van der Waals surface area contributed by atoms with Gasteiger partial charge in [0.25, 0.3) is 10.0 Å². The van der Waals surface area contributed by atoms with Gasteiger partial charge in [-0.1, -0.05) is 19.1 Å². The summed E-state index contributed by atoms with van der Waals surface area (Å²) in [5.74, 6) is 0. The van der Waals surface area contributed by atoms with Gasteiger partial charge in [0.15, 0.2) is 0 Å². The van der Waals surface area contributed by atoms with Crippen LogP contribution in [-0.4, -0.2) is 54.9 Å². The fourth-order valence-corrected chi connectivity index (χ4v) is 5.34. The van der Waals surface area contributed by atoms with Crippen LogP contribution in [0.4, 0.5) is 13.2 Å². The predicted molar refractivity (Wildman–Crippen MR) is 128 cm³/mol. The molecule has 1 aromatic heterocycles. The predicted octanol–water partition coefficient (Wildman–Crippen LogP) is 4.88. The molecule has 1 aliphatic heterocycles. The number of halogens is 5. The van der Waals surface area contributed by atoms with E-state index in [0.717, 1.165) is 66.3 Å². The van der Waals surface area contributed by atoms with Crippen molar-refractivity contribution in [3.63, 3.8) is 0 Å². The summed E-state index contributed by atoms with van der Waals surface area (Å²) in [5.41, 5.74) is 0.527. The van der Waals surface area contributed by atoms with Crippen molar-refractivity contribution in [3.05, 3.63) is 65.9 Å². The smallest absolute Gasteiger partial charge is 0.301 e. The van der Waals surface area contributed by atoms with Crippen molar-refractivity contribution in [3.8, 4) is 0 Å². The number of aromatic nitrogens is 1. The van der Waals surface area contributed by atoms with E-state index in [1.54, 1.807) is 12.1 Å². The standard InChI is InChI=1S/C22H24F3N3O2S.2ClH/c1-2-26-10-12-27(13-11-26)16-17-6-7-21-18(14-17)8-9-28(21)31(29,30)20-5-3-4-19(15-20)22(23,24)25;;/h3-9,14-15H,2,10-13,16H2,1H3;2*1H. The molecule has 182 valence electrons. The van der Waals surface area contributed by atoms with Gasteiger partial charge in [0.1, 0.15) is 0 Å². The Balaban J connectivity index is 0.00000193. The van der Waals surface area contributed by atoms with Gasteiger partial charge in [0.2, 0.25) is 0 Å². The van der Waals surface area contributed by atoms with Crippen molar-refractivity contribution in [1.82, 2.24) is 13.8 Å². The second-order valence-corrected chi connectivity index (χ2v) is 9.56. The number of rotatable bonds is 5. The molecule has 0 bridgehead atoms. The minimum absolute atomic E-state index is 0. The average molecular weight is 524 g/mol. The van der Waals surface area contributed by atoms with Crippen LogP contribution in [0.1, 0.15) is 18.1 Å². The van der Waals surface area contributed by atoms with Crippen molar-refractivity contribution in [2.45, 2.75) is 24.5 Å². The maximum absolute atomic E-state index is 13.0. The Morgan fingerprint density at radius 2 is 1.58 bits per heavy atom. The van der Waals surface area contributed by atoms with Gasteiger partial charge in [-0.05, 0) is 48.5 Å². The first-order chi connectivity index (χ1) is 14.7. The summed E-state index contributed by atoms with van der Waals surface area (Å²) in [5, 5.41) is 0.736. The summed E-state index contributed by atoms with van der Waals surface area (Å²) in [7, 11) is -4.15. The molecule has 0 aliphatic carbocycles. The fraction of sp³-hybridized carbons (Fsp3) is 0.364. The molecule has 1 fully saturated rings. The van der Waals surface area contributed by atoms with E-state index in [0.29, 0.717) is 11.6 Å². The highest BCUT2D eigenvalue weighted by Crippen LogP contribution is 2.31. The molecule has 3 aromatic rings. The molecule has 0 saturated carbocycles. The molecule has 11 heteroatoms. The van der Waals surface area contributed by atoms with E-state index in [4.69, 9.17) is 0 Å². The highest BCUT2D eigenvalue weighted by atomic mass is 35.5. The normalized spacial score (nSPS) is 15.8. The van der Waals surface area contributed by atoms with Crippen LogP contribution in [0.5, 0.6) is 0 Å². The zero-order valence-electron chi connectivity index (χ0n) is 18.0. The summed E-state index contributed by atoms with van der Waals surface area (Å²) < 4.78 is 66.2. The molecule has 5 nitrogen and oxygen atoms in total. The van der Waals surface area contributed by atoms with Crippen molar-refractivity contribution in [2.75, 3.05) is 32.7 Å². The van der Waals surface area contributed by atoms with Crippen molar-refractivity contribution in [1.29, 1.82) is 0 Å². The van der Waals surface area contributed by atoms with Gasteiger partial charge in [0.05, 0.1) is 16.0 Å². The lowest BCUT2D eigenvalue weighted by atomic mass is 10.1. The summed E-state index contributed by atoms with van der Waals surface area (Å²) in [6, 6.07) is 11.0. The van der Waals surface area contributed by atoms with Crippen LogP contribution >= 0.6 is 24.8 Å². The lowest BCUT2D eigenvalue weighted by Crippen LogP contribution is -2.45. The van der Waals surface area contributed by atoms with Gasteiger partial charge >= 0.3 is 6.18 Å². The second-order valence-electron chi connectivity index (χ2n) is 7.75. The molecule has 0 spiro atoms. The number of nitrogens with zero attached hydrogens (tertiary/aromatic N) is 3. The van der Waals surface area contributed by atoms with Gasteiger partial charge in [-0.2, -0.15) is 13.2 Å². The molecule has 2 heterocycles. The van der Waals surface area contributed by atoms with Crippen LogP contribution in [0.3, 0.4) is 0 Å². The minimum atomic E-state index is -4.61. The van der Waals surface area contributed by atoms with Crippen LogP contribution in [0.25, 0.3) is 10.9 Å². The maximum Gasteiger partial charge on any atom is 0.416 e. The van der Waals surface area contributed by atoms with E-state index in [9.17, 15) is 21.6 Å². The quantitative estimate of drug-likeness (QED) is 0.478. The zero-order chi connectivity index (χ0) is 22.2. The molecule has 4 rings (SSSR count). The molecular formula is C22H26Cl2F3N3O2S. The van der Waals surface area contributed by atoms with Crippen molar-refractivity contribution in [2.24, 2.45) is 0 Å². The molecule has 1 saturated heterocycles. The van der Waals surface area contributed by atoms with Crippen LogP contribution in [0, 0.1) is 0 Å². The van der Waals surface area contributed by atoms with Crippen LogP contribution in [0.15, 0.2) is 59.6 Å². The molecule has 0 unspecified atom stereocenters. The fourth-order valence-electron chi connectivity index (χ4n) is 3.94. The van der Waals surface area contributed by atoms with Gasteiger partial charge in [-0.3, -0.25) is 4.90 Å². The van der Waals surface area contributed by atoms with E-state index in [1.165, 1.54) is 12.3 Å². The van der Waals surface area contributed by atoms with Gasteiger partial charge in [0, 0.05) is 44.3 Å². The van der Waals surface area contributed by atoms with Crippen molar-refractivity contribution >= 4 is 45.7 Å². The minimum Gasteiger partial charge on any atom is -0.301 e. The first-order valence-electron chi connectivity index (χ1n) is 10.2. The Morgan fingerprint density at radius 1 is 0.909 bits per heavy atom. The number of piperazine rings is 1. The maximum atomic E-state index is 13.0. The Bertz CT molecular complexity index is 1190. The molecule has 33 heavy (non-hydrogen) atoms. The van der Waals surface area contributed by atoms with E-state index in [-0.39, 0.29) is 24.8 Å². The third kappa shape index (κ3) is 5.84. The third-order valence-corrected chi connectivity index (χ3v) is 7.44. The Morgan fingerprint density at radius 3 is 2.21 bits per heavy atom. The molecule has 0 N–H and O–H groups in total. The van der Waals surface area contributed by atoms with E-state index in [2.05, 4.69) is 16.7 Å². The second kappa shape index (κ2) is 10.7. The number of alkyl halides is 3. The van der Waals surface area contributed by atoms with Gasteiger partial charge < -0.3 is 4.90 Å². The number of hydrogen-bond donors (Lipinski definition) is 0. The number of benzene rings is 2. The average Bonchev–Trinajstić information content (AvgIpc) is 3.18. The molecule has 2 aromatic carbocycles. The van der Waals surface area contributed by atoms with Crippen LogP contribution < -0.4 is 0 Å². The van der Waals surface area contributed by atoms with Gasteiger partial charge in [-0.25, -0.2) is 12.4 Å². The van der Waals surface area contributed by atoms with Gasteiger partial charge in [-0.15, -0.1) is 24.8 Å². The first kappa shape index (κ1) is 27.5. The lowest BCUT2D eigenvalue weighted by Gasteiger charge is -2.34. The van der Waals surface area contributed by atoms with Crippen molar-refractivity contribution < 1.29 is 21.6 Å². The summed E-state index contributed by atoms with van der Waals surface area (Å²) >= 11 is 0. The molecule has 0 radical (unpaired) electrons. The monoisotopic (exact) mass is 523 g/mol. The summed E-state index contributed by atoms with van der Waals surface area (Å²) in [6.45, 7) is 8.01. The Labute approximate surface area is 204 Å². The van der Waals surface area contributed by atoms with E-state index < -0.39 is 26.7 Å². The summed E-state index contributed by atoms with van der Waals surface area (Å²) in [4.78, 5) is 4.37. The molecule has 1 aliphatic rings. The Kier molecular flexibility index (Phi) is 8.86. The number of likely N-dealkylation sites (N-methyl/N-ethyl adjacent to an activating group) is 1. The topological polar surface area (TPSA) is 45.5 Å². The highest BCUT2D eigenvalue weighted by Gasteiger charge is 2.32. The number of fused-ring (bicyclic) bond motifs is 1. The molecule has 0 amide bonds. The van der Waals surface area contributed by atoms with E-state index >= 15 is 0 Å². The highest BCUT2D eigenvalue weighted by molar-refractivity contribution is 7.90. The Hall–Kier alpha value is -1.78. The van der Waals surface area contributed by atoms with Crippen LogP contribution in [-0.2, 0) is 22.7 Å². The van der Waals surface area contributed by atoms with Crippen LogP contribution in [0.2, 0.25) is 0 Å². The first-order valence-corrected chi connectivity index (χ1v) is 11.6.